The highest BCUT2D eigenvalue weighted by Crippen LogP contribution is 2.40. The highest BCUT2D eigenvalue weighted by molar-refractivity contribution is 9.10. The fraction of sp³-hybridized carbons (Fsp3) is 0.333. The van der Waals surface area contributed by atoms with Gasteiger partial charge in [-0.25, -0.2) is 4.79 Å². The predicted octanol–water partition coefficient (Wildman–Crippen LogP) is 3.53. The van der Waals surface area contributed by atoms with E-state index in [2.05, 4.69) is 15.9 Å². The molecule has 1 aromatic carbocycles. The van der Waals surface area contributed by atoms with E-state index >= 15 is 0 Å². The van der Waals surface area contributed by atoms with Crippen LogP contribution in [-0.4, -0.2) is 12.7 Å². The number of nitriles is 1. The molecule has 0 aliphatic rings. The average molecular weight is 348 g/mol. The lowest BCUT2D eigenvalue weighted by Gasteiger charge is -2.18. The van der Waals surface area contributed by atoms with Crippen molar-refractivity contribution in [2.24, 2.45) is 5.73 Å². The summed E-state index contributed by atoms with van der Waals surface area (Å²) in [4.78, 5) is 10.8. The van der Waals surface area contributed by atoms with E-state index < -0.39 is 12.2 Å². The van der Waals surface area contributed by atoms with Gasteiger partial charge < -0.3 is 15.2 Å². The zero-order valence-corrected chi connectivity index (χ0v) is 12.7. The van der Waals surface area contributed by atoms with Crippen LogP contribution in [0.25, 0.3) is 0 Å². The van der Waals surface area contributed by atoms with Crippen molar-refractivity contribution >= 4 is 33.6 Å². The minimum absolute atomic E-state index is 0.243. The maximum Gasteiger partial charge on any atom is 0.405 e. The number of halogens is 2. The van der Waals surface area contributed by atoms with Crippen molar-refractivity contribution < 1.29 is 14.3 Å². The second-order valence-corrected chi connectivity index (χ2v) is 4.79. The van der Waals surface area contributed by atoms with E-state index in [1.165, 1.54) is 6.07 Å². The van der Waals surface area contributed by atoms with Gasteiger partial charge in [0.2, 0.25) is 0 Å². The summed E-state index contributed by atoms with van der Waals surface area (Å²) < 4.78 is 10.8. The summed E-state index contributed by atoms with van der Waals surface area (Å²) in [5.74, 6) is 0.414. The summed E-state index contributed by atoms with van der Waals surface area (Å²) in [5, 5.41) is 9.28. The van der Waals surface area contributed by atoms with Gasteiger partial charge in [0.05, 0.1) is 21.7 Å². The van der Waals surface area contributed by atoms with Gasteiger partial charge >= 0.3 is 6.09 Å². The smallest absolute Gasteiger partial charge is 0.405 e. The summed E-state index contributed by atoms with van der Waals surface area (Å²) in [5.41, 5.74) is 5.79. The first-order valence-corrected chi connectivity index (χ1v) is 6.60. The normalized spacial score (nSPS) is 11.5. The van der Waals surface area contributed by atoms with Crippen molar-refractivity contribution in [1.82, 2.24) is 0 Å². The van der Waals surface area contributed by atoms with Crippen LogP contribution >= 0.6 is 27.5 Å². The Labute approximate surface area is 124 Å². The van der Waals surface area contributed by atoms with Gasteiger partial charge in [-0.1, -0.05) is 11.6 Å². The van der Waals surface area contributed by atoms with Crippen LogP contribution in [0, 0.1) is 11.3 Å². The lowest BCUT2D eigenvalue weighted by atomic mass is 10.1. The van der Waals surface area contributed by atoms with Crippen molar-refractivity contribution in [2.45, 2.75) is 20.0 Å². The maximum atomic E-state index is 10.8. The Hall–Kier alpha value is -1.45. The van der Waals surface area contributed by atoms with Crippen molar-refractivity contribution in [2.75, 3.05) is 6.61 Å². The molecule has 0 fully saturated rings. The van der Waals surface area contributed by atoms with Crippen LogP contribution in [0.2, 0.25) is 5.02 Å². The Bertz CT molecular complexity index is 543. The molecule has 0 radical (unpaired) electrons. The number of primary amides is 1. The first kappa shape index (κ1) is 15.6. The van der Waals surface area contributed by atoms with E-state index in [1.54, 1.807) is 13.8 Å². The number of nitrogens with two attached hydrogens (primary N) is 1. The molecule has 102 valence electrons. The zero-order valence-electron chi connectivity index (χ0n) is 10.4. The molecule has 1 unspecified atom stereocenters. The number of amides is 1. The SMILES string of the molecule is CCOc1c(C(C)OC(N)=O)cc(Cl)c(C#N)c1Br. The largest absolute Gasteiger partial charge is 0.492 e. The lowest BCUT2D eigenvalue weighted by molar-refractivity contribution is 0.114. The Kier molecular flexibility index (Phi) is 5.45. The van der Waals surface area contributed by atoms with Gasteiger partial charge in [-0.2, -0.15) is 5.26 Å². The van der Waals surface area contributed by atoms with E-state index in [0.29, 0.717) is 22.4 Å². The molecule has 0 saturated carbocycles. The van der Waals surface area contributed by atoms with Crippen LogP contribution in [0.4, 0.5) is 4.79 Å². The molecule has 1 amide bonds. The molecule has 5 nitrogen and oxygen atoms in total. The average Bonchev–Trinajstić information content (AvgIpc) is 2.32. The van der Waals surface area contributed by atoms with Crippen LogP contribution in [0.5, 0.6) is 5.75 Å². The van der Waals surface area contributed by atoms with Gasteiger partial charge in [0, 0.05) is 5.56 Å². The topological polar surface area (TPSA) is 85.3 Å². The van der Waals surface area contributed by atoms with Crippen LogP contribution < -0.4 is 10.5 Å². The molecule has 2 N–H and O–H groups in total. The van der Waals surface area contributed by atoms with E-state index in [0.717, 1.165) is 0 Å². The lowest BCUT2D eigenvalue weighted by Crippen LogP contribution is -2.16. The minimum Gasteiger partial charge on any atom is -0.492 e. The van der Waals surface area contributed by atoms with Crippen molar-refractivity contribution in [3.63, 3.8) is 0 Å². The first-order chi connectivity index (χ1) is 8.92. The number of hydrogen-bond acceptors (Lipinski definition) is 4. The molecular formula is C12H12BrClN2O3. The molecule has 0 spiro atoms. The number of carbonyl (C=O) groups is 1. The number of hydrogen-bond donors (Lipinski definition) is 1. The number of carbonyl (C=O) groups excluding carboxylic acids is 1. The van der Waals surface area contributed by atoms with Gasteiger partial charge in [-0.15, -0.1) is 0 Å². The summed E-state index contributed by atoms with van der Waals surface area (Å²) in [6, 6.07) is 3.51. The van der Waals surface area contributed by atoms with Gasteiger partial charge in [-0.3, -0.25) is 0 Å². The highest BCUT2D eigenvalue weighted by Gasteiger charge is 2.22. The molecule has 1 rings (SSSR count). The third-order valence-electron chi connectivity index (χ3n) is 2.33. The second-order valence-electron chi connectivity index (χ2n) is 3.59. The molecule has 0 bridgehead atoms. The molecule has 0 saturated heterocycles. The van der Waals surface area contributed by atoms with Crippen LogP contribution in [0.3, 0.4) is 0 Å². The quantitative estimate of drug-likeness (QED) is 0.902. The standard InChI is InChI=1S/C12H12BrClN2O3/c1-3-18-11-7(6(2)19-12(16)17)4-9(14)8(5-15)10(11)13/h4,6H,3H2,1-2H3,(H2,16,17). The fourth-order valence-electron chi connectivity index (χ4n) is 1.55. The van der Waals surface area contributed by atoms with Crippen LogP contribution in [0.15, 0.2) is 10.5 Å². The number of benzene rings is 1. The van der Waals surface area contributed by atoms with Crippen molar-refractivity contribution in [3.05, 3.63) is 26.7 Å². The molecule has 0 heterocycles. The van der Waals surface area contributed by atoms with Gasteiger partial charge in [0.15, 0.2) is 0 Å². The minimum atomic E-state index is -0.897. The summed E-state index contributed by atoms with van der Waals surface area (Å²) in [6.07, 6.45) is -1.54. The van der Waals surface area contributed by atoms with Gasteiger partial charge in [0.1, 0.15) is 17.9 Å². The summed E-state index contributed by atoms with van der Waals surface area (Å²) in [7, 11) is 0. The molecule has 1 atom stereocenters. The maximum absolute atomic E-state index is 10.8. The Morgan fingerprint density at radius 1 is 1.68 bits per heavy atom. The molecule has 0 aliphatic heterocycles. The summed E-state index contributed by atoms with van der Waals surface area (Å²) >= 11 is 9.28. The molecule has 0 aromatic heterocycles. The van der Waals surface area contributed by atoms with Crippen molar-refractivity contribution in [3.8, 4) is 11.8 Å². The molecule has 7 heteroatoms. The Morgan fingerprint density at radius 3 is 2.79 bits per heavy atom. The zero-order chi connectivity index (χ0) is 14.6. The van der Waals surface area contributed by atoms with E-state index in [9.17, 15) is 4.79 Å². The van der Waals surface area contributed by atoms with Gasteiger partial charge in [-0.05, 0) is 35.8 Å². The second kappa shape index (κ2) is 6.64. The monoisotopic (exact) mass is 346 g/mol. The van der Waals surface area contributed by atoms with Crippen LogP contribution in [0.1, 0.15) is 31.1 Å². The molecule has 19 heavy (non-hydrogen) atoms. The number of nitrogens with zero attached hydrogens (tertiary/aromatic N) is 1. The number of rotatable bonds is 4. The van der Waals surface area contributed by atoms with E-state index in [-0.39, 0.29) is 10.6 Å². The van der Waals surface area contributed by atoms with Crippen LogP contribution in [-0.2, 0) is 4.74 Å². The first-order valence-electron chi connectivity index (χ1n) is 5.43. The third-order valence-corrected chi connectivity index (χ3v) is 3.39. The van der Waals surface area contributed by atoms with E-state index in [4.69, 9.17) is 32.1 Å². The molecule has 1 aromatic rings. The fourth-order valence-corrected chi connectivity index (χ4v) is 2.57. The molecular weight excluding hydrogens is 335 g/mol. The Balaban J connectivity index is 3.38. The summed E-state index contributed by atoms with van der Waals surface area (Å²) in [6.45, 7) is 3.83. The predicted molar refractivity (Wildman–Crippen MR) is 74.1 cm³/mol. The highest BCUT2D eigenvalue weighted by atomic mass is 79.9. The number of ether oxygens (including phenoxy) is 2. The molecule has 0 aliphatic carbocycles. The third kappa shape index (κ3) is 3.52. The van der Waals surface area contributed by atoms with Crippen molar-refractivity contribution in [1.29, 1.82) is 5.26 Å². The van der Waals surface area contributed by atoms with E-state index in [1.807, 2.05) is 6.07 Å². The Morgan fingerprint density at radius 2 is 2.32 bits per heavy atom. The van der Waals surface area contributed by atoms with Gasteiger partial charge in [0.25, 0.3) is 0 Å².